The van der Waals surface area contributed by atoms with E-state index in [0.717, 1.165) is 40.2 Å². The molecule has 3 aromatic rings. The van der Waals surface area contributed by atoms with Gasteiger partial charge in [0.15, 0.2) is 0 Å². The Morgan fingerprint density at radius 2 is 2.12 bits per heavy atom. The van der Waals surface area contributed by atoms with Gasteiger partial charge in [0.2, 0.25) is 5.91 Å². The van der Waals surface area contributed by atoms with E-state index in [4.69, 9.17) is 9.47 Å². The molecule has 2 atom stereocenters. The zero-order chi connectivity index (χ0) is 17.4. The number of anilines is 1. The Balaban J connectivity index is 1.53. The maximum atomic E-state index is 12.7. The quantitative estimate of drug-likeness (QED) is 0.749. The molecule has 4 rings (SSSR count). The fourth-order valence-electron chi connectivity index (χ4n) is 3.25. The molecule has 1 amide bonds. The maximum absolute atomic E-state index is 12.7. The van der Waals surface area contributed by atoms with Gasteiger partial charge in [0.05, 0.1) is 31.8 Å². The Morgan fingerprint density at radius 1 is 1.24 bits per heavy atom. The number of aromatic amines is 1. The molecule has 2 N–H and O–H groups in total. The second-order valence-corrected chi connectivity index (χ2v) is 6.15. The summed E-state index contributed by atoms with van der Waals surface area (Å²) in [6.07, 6.45) is 2.42. The average Bonchev–Trinajstić information content (AvgIpc) is 3.30. The number of carbonyl (C=O) groups excluding carboxylic acids is 1. The molecule has 2 unspecified atom stereocenters. The van der Waals surface area contributed by atoms with Crippen molar-refractivity contribution in [2.75, 3.05) is 19.5 Å². The molecule has 1 aliphatic carbocycles. The zero-order valence-corrected chi connectivity index (χ0v) is 14.1. The molecule has 128 valence electrons. The minimum atomic E-state index is -0.0739. The molecule has 0 bridgehead atoms. The van der Waals surface area contributed by atoms with Gasteiger partial charge in [0.25, 0.3) is 0 Å². The normalized spacial score (nSPS) is 18.8. The van der Waals surface area contributed by atoms with E-state index < -0.39 is 0 Å². The molecule has 2 aromatic carbocycles. The van der Waals surface area contributed by atoms with E-state index in [1.165, 1.54) is 0 Å². The smallest absolute Gasteiger partial charge is 0.228 e. The van der Waals surface area contributed by atoms with Gasteiger partial charge in [-0.3, -0.25) is 4.79 Å². The van der Waals surface area contributed by atoms with E-state index in [2.05, 4.69) is 15.3 Å². The highest BCUT2D eigenvalue weighted by molar-refractivity contribution is 6.01. The van der Waals surface area contributed by atoms with Crippen molar-refractivity contribution < 1.29 is 14.3 Å². The van der Waals surface area contributed by atoms with Crippen LogP contribution in [0.25, 0.3) is 11.0 Å². The Morgan fingerprint density at radius 3 is 2.92 bits per heavy atom. The average molecular weight is 337 g/mol. The van der Waals surface area contributed by atoms with E-state index in [1.807, 2.05) is 36.4 Å². The molecule has 6 nitrogen and oxygen atoms in total. The van der Waals surface area contributed by atoms with Gasteiger partial charge in [0, 0.05) is 17.4 Å². The largest absolute Gasteiger partial charge is 0.497 e. The number of H-pyrrole nitrogens is 1. The number of ether oxygens (including phenoxy) is 2. The fraction of sp³-hybridized carbons (Fsp3) is 0.263. The van der Waals surface area contributed by atoms with Gasteiger partial charge >= 0.3 is 0 Å². The second-order valence-electron chi connectivity index (χ2n) is 6.15. The third-order valence-corrected chi connectivity index (χ3v) is 4.67. The molecule has 0 aliphatic heterocycles. The van der Waals surface area contributed by atoms with E-state index in [1.54, 1.807) is 20.5 Å². The van der Waals surface area contributed by atoms with Crippen LogP contribution < -0.4 is 14.8 Å². The number of methoxy groups -OCH3 is 2. The number of para-hydroxylation sites is 1. The van der Waals surface area contributed by atoms with Crippen molar-refractivity contribution in [3.05, 3.63) is 48.3 Å². The zero-order valence-electron chi connectivity index (χ0n) is 14.1. The number of hydrogen-bond acceptors (Lipinski definition) is 4. The third-order valence-electron chi connectivity index (χ3n) is 4.67. The lowest BCUT2D eigenvalue weighted by Gasteiger charge is -2.10. The minimum Gasteiger partial charge on any atom is -0.497 e. The Labute approximate surface area is 145 Å². The summed E-state index contributed by atoms with van der Waals surface area (Å²) in [6.45, 7) is 0. The SMILES string of the molecule is COc1ccc(OC)c(C2CC2C(=O)Nc2cccc3[nH]cnc23)c1. The predicted octanol–water partition coefficient (Wildman–Crippen LogP) is 3.32. The van der Waals surface area contributed by atoms with E-state index in [9.17, 15) is 4.79 Å². The number of benzene rings is 2. The Bertz CT molecular complexity index is 935. The maximum Gasteiger partial charge on any atom is 0.228 e. The topological polar surface area (TPSA) is 76.2 Å². The molecule has 1 aromatic heterocycles. The summed E-state index contributed by atoms with van der Waals surface area (Å²) >= 11 is 0. The minimum absolute atomic E-state index is 0.00497. The van der Waals surface area contributed by atoms with Crippen molar-refractivity contribution in [1.82, 2.24) is 9.97 Å². The number of amides is 1. The number of hydrogen-bond donors (Lipinski definition) is 2. The van der Waals surface area contributed by atoms with Crippen molar-refractivity contribution in [3.8, 4) is 11.5 Å². The van der Waals surface area contributed by atoms with Crippen LogP contribution in [0.1, 0.15) is 17.9 Å². The molecule has 0 saturated heterocycles. The molecule has 0 spiro atoms. The van der Waals surface area contributed by atoms with Crippen LogP contribution in [-0.2, 0) is 4.79 Å². The van der Waals surface area contributed by atoms with E-state index in [0.29, 0.717) is 0 Å². The number of aromatic nitrogens is 2. The third kappa shape index (κ3) is 2.80. The summed E-state index contributed by atoms with van der Waals surface area (Å²) in [5.41, 5.74) is 3.42. The summed E-state index contributed by atoms with van der Waals surface area (Å²) < 4.78 is 10.7. The second kappa shape index (κ2) is 6.12. The first-order valence-electron chi connectivity index (χ1n) is 8.16. The summed E-state index contributed by atoms with van der Waals surface area (Å²) in [6, 6.07) is 11.4. The standard InChI is InChI=1S/C19H19N3O3/c1-24-11-6-7-17(25-2)13(8-11)12-9-14(12)19(23)22-16-5-3-4-15-18(16)21-10-20-15/h3-8,10,12,14H,9H2,1-2H3,(H,20,21)(H,22,23). The van der Waals surface area contributed by atoms with Gasteiger partial charge in [-0.2, -0.15) is 0 Å². The molecule has 0 radical (unpaired) electrons. The molecule has 25 heavy (non-hydrogen) atoms. The number of nitrogens with one attached hydrogen (secondary N) is 2. The highest BCUT2D eigenvalue weighted by atomic mass is 16.5. The highest BCUT2D eigenvalue weighted by Crippen LogP contribution is 2.51. The Hall–Kier alpha value is -3.02. The molecule has 1 saturated carbocycles. The molecule has 1 heterocycles. The summed E-state index contributed by atoms with van der Waals surface area (Å²) in [5.74, 6) is 1.63. The molecular formula is C19H19N3O3. The van der Waals surface area contributed by atoms with Crippen LogP contribution >= 0.6 is 0 Å². The van der Waals surface area contributed by atoms with Crippen LogP contribution in [0.5, 0.6) is 11.5 Å². The van der Waals surface area contributed by atoms with Crippen molar-refractivity contribution in [2.45, 2.75) is 12.3 Å². The molecule has 6 heteroatoms. The van der Waals surface area contributed by atoms with Crippen LogP contribution in [0.2, 0.25) is 0 Å². The summed E-state index contributed by atoms with van der Waals surface area (Å²) in [4.78, 5) is 20.0. The van der Waals surface area contributed by atoms with Crippen LogP contribution in [-0.4, -0.2) is 30.1 Å². The lowest BCUT2D eigenvalue weighted by atomic mass is 10.1. The van der Waals surface area contributed by atoms with Crippen molar-refractivity contribution >= 4 is 22.6 Å². The highest BCUT2D eigenvalue weighted by Gasteiger charge is 2.45. The van der Waals surface area contributed by atoms with Gasteiger partial charge in [-0.25, -0.2) is 4.98 Å². The fourth-order valence-corrected chi connectivity index (χ4v) is 3.25. The monoisotopic (exact) mass is 337 g/mol. The van der Waals surface area contributed by atoms with Crippen molar-refractivity contribution in [1.29, 1.82) is 0 Å². The van der Waals surface area contributed by atoms with Crippen LogP contribution in [0.4, 0.5) is 5.69 Å². The summed E-state index contributed by atoms with van der Waals surface area (Å²) in [5, 5.41) is 3.01. The number of imidazole rings is 1. The lowest BCUT2D eigenvalue weighted by molar-refractivity contribution is -0.117. The van der Waals surface area contributed by atoms with Gasteiger partial charge < -0.3 is 19.8 Å². The molecule has 1 fully saturated rings. The number of nitrogens with zero attached hydrogens (tertiary/aromatic N) is 1. The van der Waals surface area contributed by atoms with Crippen LogP contribution in [0.3, 0.4) is 0 Å². The van der Waals surface area contributed by atoms with Gasteiger partial charge in [0.1, 0.15) is 17.0 Å². The van der Waals surface area contributed by atoms with Crippen LogP contribution in [0, 0.1) is 5.92 Å². The van der Waals surface area contributed by atoms with Gasteiger partial charge in [-0.1, -0.05) is 6.07 Å². The molecule has 1 aliphatic rings. The first-order chi connectivity index (χ1) is 12.2. The van der Waals surface area contributed by atoms with E-state index in [-0.39, 0.29) is 17.7 Å². The van der Waals surface area contributed by atoms with Crippen molar-refractivity contribution in [2.24, 2.45) is 5.92 Å². The first kappa shape index (κ1) is 15.5. The predicted molar refractivity (Wildman–Crippen MR) is 95.1 cm³/mol. The number of rotatable bonds is 5. The molecular weight excluding hydrogens is 318 g/mol. The van der Waals surface area contributed by atoms with Crippen LogP contribution in [0.15, 0.2) is 42.7 Å². The lowest BCUT2D eigenvalue weighted by Crippen LogP contribution is -2.15. The summed E-state index contributed by atoms with van der Waals surface area (Å²) in [7, 11) is 3.27. The van der Waals surface area contributed by atoms with Gasteiger partial charge in [-0.15, -0.1) is 0 Å². The van der Waals surface area contributed by atoms with E-state index >= 15 is 0 Å². The van der Waals surface area contributed by atoms with Crippen molar-refractivity contribution in [3.63, 3.8) is 0 Å². The Kier molecular flexibility index (Phi) is 3.80. The number of fused-ring (bicyclic) bond motifs is 1. The van der Waals surface area contributed by atoms with Gasteiger partial charge in [-0.05, 0) is 36.8 Å². The number of carbonyl (C=O) groups is 1. The first-order valence-corrected chi connectivity index (χ1v) is 8.16.